The van der Waals surface area contributed by atoms with Crippen LogP contribution in [0.2, 0.25) is 10.0 Å². The summed E-state index contributed by atoms with van der Waals surface area (Å²) in [5.41, 5.74) is 1.80. The van der Waals surface area contributed by atoms with Crippen molar-refractivity contribution in [3.8, 4) is 5.75 Å². The third kappa shape index (κ3) is 5.29. The first kappa shape index (κ1) is 21.2. The number of carbonyl (C=O) groups excluding carboxylic acids is 1. The lowest BCUT2D eigenvalue weighted by atomic mass is 10.1. The number of rotatable bonds is 6. The van der Waals surface area contributed by atoms with Crippen LogP contribution in [0, 0.1) is 0 Å². The van der Waals surface area contributed by atoms with E-state index in [-0.39, 0.29) is 27.4 Å². The standard InChI is InChI=1S/C21H17Cl2N3O2S/c1-2-29-18-6-4-3-5-17(18)26-21(28)19(13-7-9-24-10-8-13)25-14-11-15(22)20(27)16(23)12-14/h3-12,27H,2H2,1H3,(H,26,28). The Balaban J connectivity index is 2.02. The summed E-state index contributed by atoms with van der Waals surface area (Å²) in [5.74, 6) is 0.260. The van der Waals surface area contributed by atoms with Crippen LogP contribution in [0.3, 0.4) is 0 Å². The molecule has 2 aromatic carbocycles. The van der Waals surface area contributed by atoms with E-state index in [4.69, 9.17) is 23.2 Å². The molecule has 3 aromatic rings. The fourth-order valence-electron chi connectivity index (χ4n) is 2.53. The highest BCUT2D eigenvalue weighted by Gasteiger charge is 2.17. The smallest absolute Gasteiger partial charge is 0.274 e. The van der Waals surface area contributed by atoms with E-state index in [1.54, 1.807) is 36.3 Å². The van der Waals surface area contributed by atoms with Crippen LogP contribution in [-0.2, 0) is 4.79 Å². The number of aliphatic imine (C=N–C) groups is 1. The third-order valence-corrected chi connectivity index (χ3v) is 5.38. The SMILES string of the molecule is CCSc1ccccc1NC(=O)C(=Nc1cc(Cl)c(O)c(Cl)c1)c1ccncc1. The van der Waals surface area contributed by atoms with Crippen molar-refractivity contribution in [1.29, 1.82) is 0 Å². The molecular weight excluding hydrogens is 429 g/mol. The second-order valence-corrected chi connectivity index (χ2v) is 7.96. The van der Waals surface area contributed by atoms with Gasteiger partial charge in [-0.3, -0.25) is 9.78 Å². The summed E-state index contributed by atoms with van der Waals surface area (Å²) in [6.45, 7) is 2.05. The third-order valence-electron chi connectivity index (χ3n) is 3.85. The first-order valence-corrected chi connectivity index (χ1v) is 10.4. The van der Waals surface area contributed by atoms with Gasteiger partial charge in [-0.1, -0.05) is 42.3 Å². The second-order valence-electron chi connectivity index (χ2n) is 5.84. The molecule has 8 heteroatoms. The van der Waals surface area contributed by atoms with Gasteiger partial charge in [-0.25, -0.2) is 4.99 Å². The Hall–Kier alpha value is -2.54. The number of para-hydroxylation sites is 1. The van der Waals surface area contributed by atoms with Crippen molar-refractivity contribution in [3.05, 3.63) is 76.5 Å². The zero-order valence-corrected chi connectivity index (χ0v) is 17.7. The number of aromatic hydroxyl groups is 1. The number of thioether (sulfide) groups is 1. The summed E-state index contributed by atoms with van der Waals surface area (Å²) in [7, 11) is 0. The molecule has 0 atom stereocenters. The minimum atomic E-state index is -0.388. The number of amides is 1. The van der Waals surface area contributed by atoms with Crippen LogP contribution in [-0.4, -0.2) is 27.5 Å². The molecule has 0 bridgehead atoms. The molecular formula is C21H17Cl2N3O2S. The van der Waals surface area contributed by atoms with Crippen molar-refractivity contribution in [2.24, 2.45) is 4.99 Å². The number of phenolic OH excluding ortho intramolecular Hbond substituents is 1. The van der Waals surface area contributed by atoms with E-state index in [9.17, 15) is 9.90 Å². The maximum atomic E-state index is 13.1. The minimum Gasteiger partial charge on any atom is -0.505 e. The summed E-state index contributed by atoms with van der Waals surface area (Å²) in [4.78, 5) is 22.5. The highest BCUT2D eigenvalue weighted by molar-refractivity contribution is 7.99. The topological polar surface area (TPSA) is 74.6 Å². The number of anilines is 1. The van der Waals surface area contributed by atoms with Crippen LogP contribution in [0.4, 0.5) is 11.4 Å². The van der Waals surface area contributed by atoms with E-state index in [2.05, 4.69) is 15.3 Å². The van der Waals surface area contributed by atoms with Crippen LogP contribution >= 0.6 is 35.0 Å². The molecule has 1 heterocycles. The Morgan fingerprint density at radius 3 is 2.45 bits per heavy atom. The molecule has 2 N–H and O–H groups in total. The Kier molecular flexibility index (Phi) is 7.14. The van der Waals surface area contributed by atoms with Crippen molar-refractivity contribution < 1.29 is 9.90 Å². The van der Waals surface area contributed by atoms with Gasteiger partial charge in [-0.2, -0.15) is 0 Å². The van der Waals surface area contributed by atoms with Crippen LogP contribution < -0.4 is 5.32 Å². The van der Waals surface area contributed by atoms with Gasteiger partial charge in [0.25, 0.3) is 5.91 Å². The van der Waals surface area contributed by atoms with Crippen molar-refractivity contribution in [1.82, 2.24) is 4.98 Å². The number of phenols is 1. The van der Waals surface area contributed by atoms with E-state index in [0.29, 0.717) is 16.9 Å². The van der Waals surface area contributed by atoms with Crippen molar-refractivity contribution in [2.75, 3.05) is 11.1 Å². The predicted molar refractivity (Wildman–Crippen MR) is 120 cm³/mol. The van der Waals surface area contributed by atoms with E-state index in [0.717, 1.165) is 10.6 Å². The second kappa shape index (κ2) is 9.78. The number of carbonyl (C=O) groups is 1. The number of benzene rings is 2. The van der Waals surface area contributed by atoms with Gasteiger partial charge in [0, 0.05) is 22.9 Å². The fourth-order valence-corrected chi connectivity index (χ4v) is 3.77. The van der Waals surface area contributed by atoms with Gasteiger partial charge in [-0.15, -0.1) is 11.8 Å². The molecule has 0 radical (unpaired) electrons. The lowest BCUT2D eigenvalue weighted by molar-refractivity contribution is -0.110. The normalized spacial score (nSPS) is 11.3. The molecule has 0 spiro atoms. The maximum Gasteiger partial charge on any atom is 0.274 e. The van der Waals surface area contributed by atoms with E-state index >= 15 is 0 Å². The Morgan fingerprint density at radius 1 is 1.14 bits per heavy atom. The van der Waals surface area contributed by atoms with Crippen LogP contribution in [0.5, 0.6) is 5.75 Å². The molecule has 1 aromatic heterocycles. The largest absolute Gasteiger partial charge is 0.505 e. The number of nitrogens with one attached hydrogen (secondary N) is 1. The van der Waals surface area contributed by atoms with E-state index in [1.165, 1.54) is 12.1 Å². The predicted octanol–water partition coefficient (Wildman–Crippen LogP) is 5.97. The molecule has 0 aliphatic heterocycles. The highest BCUT2D eigenvalue weighted by Crippen LogP contribution is 2.36. The average Bonchev–Trinajstić information content (AvgIpc) is 2.72. The van der Waals surface area contributed by atoms with Crippen LogP contribution in [0.15, 0.2) is 70.8 Å². The number of halogens is 2. The molecule has 0 fully saturated rings. The van der Waals surface area contributed by atoms with Crippen LogP contribution in [0.25, 0.3) is 0 Å². The van der Waals surface area contributed by atoms with E-state index < -0.39 is 0 Å². The van der Waals surface area contributed by atoms with Gasteiger partial charge >= 0.3 is 0 Å². The molecule has 3 rings (SSSR count). The molecule has 0 aliphatic carbocycles. The fraction of sp³-hybridized carbons (Fsp3) is 0.0952. The summed E-state index contributed by atoms with van der Waals surface area (Å²) in [6.07, 6.45) is 3.16. The van der Waals surface area contributed by atoms with Gasteiger partial charge in [0.1, 0.15) is 5.71 Å². The first-order valence-electron chi connectivity index (χ1n) is 8.70. The van der Waals surface area contributed by atoms with Gasteiger partial charge in [0.2, 0.25) is 0 Å². The molecule has 148 valence electrons. The van der Waals surface area contributed by atoms with Crippen LogP contribution in [0.1, 0.15) is 12.5 Å². The lowest BCUT2D eigenvalue weighted by Gasteiger charge is -2.12. The Bertz CT molecular complexity index is 1040. The summed E-state index contributed by atoms with van der Waals surface area (Å²) >= 11 is 13.6. The Morgan fingerprint density at radius 2 is 1.79 bits per heavy atom. The average molecular weight is 446 g/mol. The summed E-state index contributed by atoms with van der Waals surface area (Å²) < 4.78 is 0. The zero-order chi connectivity index (χ0) is 20.8. The van der Waals surface area contributed by atoms with Crippen molar-refractivity contribution in [2.45, 2.75) is 11.8 Å². The molecule has 0 saturated carbocycles. The van der Waals surface area contributed by atoms with Gasteiger partial charge in [0.05, 0.1) is 21.4 Å². The minimum absolute atomic E-state index is 0.0513. The number of pyridine rings is 1. The summed E-state index contributed by atoms with van der Waals surface area (Å²) in [5, 5.41) is 12.8. The maximum absolute atomic E-state index is 13.1. The molecule has 5 nitrogen and oxygen atoms in total. The Labute approximate surface area is 182 Å². The molecule has 29 heavy (non-hydrogen) atoms. The quantitative estimate of drug-likeness (QED) is 0.362. The molecule has 0 unspecified atom stereocenters. The number of hydrogen-bond donors (Lipinski definition) is 2. The highest BCUT2D eigenvalue weighted by atomic mass is 35.5. The molecule has 0 aliphatic rings. The first-order chi connectivity index (χ1) is 14.0. The van der Waals surface area contributed by atoms with Crippen molar-refractivity contribution >= 4 is 58.0 Å². The van der Waals surface area contributed by atoms with Gasteiger partial charge in [-0.05, 0) is 42.2 Å². The zero-order valence-electron chi connectivity index (χ0n) is 15.4. The molecule has 0 saturated heterocycles. The number of nitrogens with zero attached hydrogens (tertiary/aromatic N) is 2. The monoisotopic (exact) mass is 445 g/mol. The number of hydrogen-bond acceptors (Lipinski definition) is 5. The van der Waals surface area contributed by atoms with Gasteiger partial charge < -0.3 is 10.4 Å². The van der Waals surface area contributed by atoms with Crippen molar-refractivity contribution in [3.63, 3.8) is 0 Å². The van der Waals surface area contributed by atoms with Gasteiger partial charge in [0.15, 0.2) is 5.75 Å². The molecule has 1 amide bonds. The summed E-state index contributed by atoms with van der Waals surface area (Å²) in [6, 6.07) is 13.8. The van der Waals surface area contributed by atoms with E-state index in [1.807, 2.05) is 31.2 Å². The lowest BCUT2D eigenvalue weighted by Crippen LogP contribution is -2.24. The number of aromatic nitrogens is 1.